The molecule has 0 aliphatic carbocycles. The summed E-state index contributed by atoms with van der Waals surface area (Å²) in [6, 6.07) is 13.8. The number of nitrogens with zero attached hydrogens (tertiary/aromatic N) is 1. The predicted octanol–water partition coefficient (Wildman–Crippen LogP) is 3.47. The number of piperidine rings is 1. The molecule has 31 heavy (non-hydrogen) atoms. The van der Waals surface area contributed by atoms with E-state index < -0.39 is 6.04 Å². The summed E-state index contributed by atoms with van der Waals surface area (Å²) in [5.74, 6) is 0.654. The van der Waals surface area contributed by atoms with Crippen molar-refractivity contribution in [3.05, 3.63) is 59.7 Å². The van der Waals surface area contributed by atoms with Crippen LogP contribution in [-0.4, -0.2) is 43.0 Å². The molecule has 0 bridgehead atoms. The molecule has 2 aromatic rings. The molecular weight excluding hydrogens is 394 g/mol. The van der Waals surface area contributed by atoms with Crippen molar-refractivity contribution in [3.63, 3.8) is 0 Å². The molecule has 3 rings (SSSR count). The van der Waals surface area contributed by atoms with E-state index in [1.807, 2.05) is 49.1 Å². The molecule has 2 N–H and O–H groups in total. The molecule has 1 aliphatic rings. The Balaban J connectivity index is 1.73. The average molecular weight is 426 g/mol. The van der Waals surface area contributed by atoms with E-state index in [1.165, 1.54) is 7.11 Å². The van der Waals surface area contributed by atoms with Gasteiger partial charge in [0.25, 0.3) is 5.91 Å². The second-order valence-corrected chi connectivity index (χ2v) is 7.86. The van der Waals surface area contributed by atoms with Crippen molar-refractivity contribution in [2.75, 3.05) is 20.2 Å². The van der Waals surface area contributed by atoms with E-state index >= 15 is 0 Å². The minimum atomic E-state index is -0.659. The van der Waals surface area contributed by atoms with Crippen LogP contribution in [0.1, 0.15) is 55.1 Å². The predicted molar refractivity (Wildman–Crippen MR) is 119 cm³/mol. The van der Waals surface area contributed by atoms with E-state index in [0.717, 1.165) is 37.9 Å². The molecule has 166 valence electrons. The number of likely N-dealkylation sites (tertiary alicyclic amines) is 1. The summed E-state index contributed by atoms with van der Waals surface area (Å²) in [5, 5.41) is 0. The first-order valence-corrected chi connectivity index (χ1v) is 10.7. The lowest BCUT2D eigenvalue weighted by Gasteiger charge is -2.31. The Morgan fingerprint density at radius 2 is 1.68 bits per heavy atom. The van der Waals surface area contributed by atoms with Gasteiger partial charge in [0, 0.05) is 18.7 Å². The number of hydrogen-bond donors (Lipinski definition) is 2. The molecule has 1 aliphatic heterocycles. The maximum atomic E-state index is 13.2. The number of amides is 2. The van der Waals surface area contributed by atoms with Crippen LogP contribution in [0.4, 0.5) is 0 Å². The van der Waals surface area contributed by atoms with Gasteiger partial charge in [-0.2, -0.15) is 0 Å². The molecule has 0 saturated carbocycles. The Kier molecular flexibility index (Phi) is 7.89. The molecule has 2 aromatic carbocycles. The number of benzene rings is 2. The Hall–Kier alpha value is -3.06. The van der Waals surface area contributed by atoms with Gasteiger partial charge in [-0.25, -0.2) is 5.43 Å². The van der Waals surface area contributed by atoms with E-state index in [-0.39, 0.29) is 17.9 Å². The lowest BCUT2D eigenvalue weighted by Crippen LogP contribution is -2.48. The zero-order valence-electron chi connectivity index (χ0n) is 18.4. The van der Waals surface area contributed by atoms with Crippen LogP contribution in [0.25, 0.3) is 0 Å². The zero-order valence-corrected chi connectivity index (χ0v) is 18.4. The van der Waals surface area contributed by atoms with Crippen LogP contribution in [0.5, 0.6) is 11.5 Å². The van der Waals surface area contributed by atoms with Crippen LogP contribution in [0.15, 0.2) is 48.5 Å². The van der Waals surface area contributed by atoms with Crippen LogP contribution in [0.3, 0.4) is 0 Å². The minimum Gasteiger partial charge on any atom is -0.493 e. The van der Waals surface area contributed by atoms with Gasteiger partial charge >= 0.3 is 0 Å². The number of methoxy groups -OCH3 is 1. The Morgan fingerprint density at radius 3 is 2.32 bits per heavy atom. The van der Waals surface area contributed by atoms with Crippen LogP contribution < -0.4 is 20.3 Å². The highest BCUT2D eigenvalue weighted by atomic mass is 16.5. The van der Waals surface area contributed by atoms with Crippen LogP contribution in [0, 0.1) is 0 Å². The van der Waals surface area contributed by atoms with Gasteiger partial charge in [-0.1, -0.05) is 30.3 Å². The second kappa shape index (κ2) is 10.8. The molecular formula is C24H31N3O4. The molecule has 0 aromatic heterocycles. The van der Waals surface area contributed by atoms with Crippen molar-refractivity contribution in [2.45, 2.75) is 45.3 Å². The smallest absolute Gasteiger partial charge is 0.265 e. The van der Waals surface area contributed by atoms with E-state index in [4.69, 9.17) is 9.47 Å². The number of hydrazine groups is 1. The Bertz CT molecular complexity index is 880. The van der Waals surface area contributed by atoms with Crippen molar-refractivity contribution >= 4 is 11.8 Å². The molecule has 1 unspecified atom stereocenters. The lowest BCUT2D eigenvalue weighted by atomic mass is 10.0. The highest BCUT2D eigenvalue weighted by molar-refractivity contribution is 5.95. The molecule has 2 amide bonds. The highest BCUT2D eigenvalue weighted by Crippen LogP contribution is 2.29. The van der Waals surface area contributed by atoms with Crippen molar-refractivity contribution in [3.8, 4) is 11.5 Å². The molecule has 1 fully saturated rings. The van der Waals surface area contributed by atoms with E-state index in [2.05, 4.69) is 10.9 Å². The number of carbonyl (C=O) groups is 2. The first-order valence-electron chi connectivity index (χ1n) is 10.7. The minimum absolute atomic E-state index is 0.0114. The number of ether oxygens (including phenoxy) is 2. The Morgan fingerprint density at radius 1 is 0.968 bits per heavy atom. The largest absolute Gasteiger partial charge is 0.493 e. The number of nitrogens with one attached hydrogen (secondary N) is 2. The van der Waals surface area contributed by atoms with Gasteiger partial charge in [0.05, 0.1) is 13.2 Å². The fraction of sp³-hybridized carbons (Fsp3) is 0.417. The summed E-state index contributed by atoms with van der Waals surface area (Å²) >= 11 is 0. The van der Waals surface area contributed by atoms with Gasteiger partial charge < -0.3 is 14.4 Å². The maximum Gasteiger partial charge on any atom is 0.265 e. The standard InChI is InChI=1S/C24H31N3O4/c1-17(2)31-20-13-12-19(16-21(20)30-3)23(28)26-25-22(18-10-6-4-7-11-18)24(29)27-14-8-5-9-15-27/h4,6-7,10-13,16-17,22,25H,5,8-9,14-15H2,1-3H3,(H,26,28). The van der Waals surface area contributed by atoms with Gasteiger partial charge in [-0.05, 0) is 56.9 Å². The summed E-state index contributed by atoms with van der Waals surface area (Å²) in [6.07, 6.45) is 3.14. The number of rotatable bonds is 8. The monoisotopic (exact) mass is 425 g/mol. The van der Waals surface area contributed by atoms with Crippen molar-refractivity contribution < 1.29 is 19.1 Å². The first kappa shape index (κ1) is 22.6. The van der Waals surface area contributed by atoms with Gasteiger partial charge in [0.15, 0.2) is 11.5 Å². The lowest BCUT2D eigenvalue weighted by molar-refractivity contribution is -0.134. The molecule has 1 saturated heterocycles. The maximum absolute atomic E-state index is 13.2. The van der Waals surface area contributed by atoms with E-state index in [0.29, 0.717) is 17.1 Å². The summed E-state index contributed by atoms with van der Waals surface area (Å²) in [4.78, 5) is 27.8. The normalized spacial score (nSPS) is 14.8. The fourth-order valence-electron chi connectivity index (χ4n) is 3.60. The first-order chi connectivity index (χ1) is 15.0. The van der Waals surface area contributed by atoms with Gasteiger partial charge in [-0.15, -0.1) is 0 Å². The van der Waals surface area contributed by atoms with Gasteiger partial charge in [0.2, 0.25) is 5.91 Å². The third-order valence-corrected chi connectivity index (χ3v) is 5.17. The van der Waals surface area contributed by atoms with Crippen molar-refractivity contribution in [1.29, 1.82) is 0 Å². The molecule has 7 heteroatoms. The SMILES string of the molecule is COc1cc(C(=O)NNC(C(=O)N2CCCCC2)c2ccccc2)ccc1OC(C)C. The zero-order chi connectivity index (χ0) is 22.2. The highest BCUT2D eigenvalue weighted by Gasteiger charge is 2.27. The van der Waals surface area contributed by atoms with Crippen molar-refractivity contribution in [1.82, 2.24) is 15.8 Å². The second-order valence-electron chi connectivity index (χ2n) is 7.86. The molecule has 7 nitrogen and oxygen atoms in total. The topological polar surface area (TPSA) is 79.9 Å². The quantitative estimate of drug-likeness (QED) is 0.633. The summed E-state index contributed by atoms with van der Waals surface area (Å²) < 4.78 is 11.1. The fourth-order valence-corrected chi connectivity index (χ4v) is 3.60. The van der Waals surface area contributed by atoms with Crippen LogP contribution >= 0.6 is 0 Å². The summed E-state index contributed by atoms with van der Waals surface area (Å²) in [7, 11) is 1.53. The van der Waals surface area contributed by atoms with Gasteiger partial charge in [0.1, 0.15) is 6.04 Å². The molecule has 1 atom stereocenters. The van der Waals surface area contributed by atoms with E-state index in [9.17, 15) is 9.59 Å². The summed E-state index contributed by atoms with van der Waals surface area (Å²) in [6.45, 7) is 5.33. The average Bonchev–Trinajstić information content (AvgIpc) is 2.80. The van der Waals surface area contributed by atoms with Crippen LogP contribution in [-0.2, 0) is 4.79 Å². The number of hydrogen-bond acceptors (Lipinski definition) is 5. The van der Waals surface area contributed by atoms with Crippen LogP contribution in [0.2, 0.25) is 0 Å². The molecule has 0 radical (unpaired) electrons. The molecule has 1 heterocycles. The van der Waals surface area contributed by atoms with E-state index in [1.54, 1.807) is 18.2 Å². The third kappa shape index (κ3) is 5.98. The Labute approximate surface area is 183 Å². The van der Waals surface area contributed by atoms with Crippen molar-refractivity contribution in [2.24, 2.45) is 0 Å². The summed E-state index contributed by atoms with van der Waals surface area (Å²) in [5.41, 5.74) is 6.85. The molecule has 0 spiro atoms. The third-order valence-electron chi connectivity index (χ3n) is 5.17. The number of carbonyl (C=O) groups excluding carboxylic acids is 2. The van der Waals surface area contributed by atoms with Gasteiger partial charge in [-0.3, -0.25) is 15.0 Å².